The average Bonchev–Trinajstić information content (AvgIpc) is 2.38. The van der Waals surface area contributed by atoms with Crippen LogP contribution in [-0.2, 0) is 5.75 Å². The number of halogens is 1. The Morgan fingerprint density at radius 3 is 2.82 bits per heavy atom. The Labute approximate surface area is 109 Å². The Morgan fingerprint density at radius 2 is 2.06 bits per heavy atom. The fourth-order valence-corrected chi connectivity index (χ4v) is 2.58. The van der Waals surface area contributed by atoms with Crippen LogP contribution in [0.3, 0.4) is 0 Å². The second-order valence-corrected chi connectivity index (χ2v) is 4.72. The first-order chi connectivity index (χ1) is 8.31. The highest BCUT2D eigenvalue weighted by atomic mass is 35.5. The second kappa shape index (κ2) is 5.72. The van der Waals surface area contributed by atoms with Crippen molar-refractivity contribution in [1.29, 1.82) is 5.26 Å². The third-order valence-electron chi connectivity index (χ3n) is 2.21. The lowest BCUT2D eigenvalue weighted by Gasteiger charge is -2.04. The van der Waals surface area contributed by atoms with E-state index < -0.39 is 0 Å². The average molecular weight is 261 g/mol. The standard InChI is InChI=1S/C13H9ClN2S/c14-12-6-2-1-4-11(12)9-17-13-10(8-15)5-3-7-16-13/h1-7H,9H2. The first-order valence-electron chi connectivity index (χ1n) is 5.02. The molecule has 0 aliphatic carbocycles. The van der Waals surface area contributed by atoms with Gasteiger partial charge in [-0.1, -0.05) is 29.8 Å². The third-order valence-corrected chi connectivity index (χ3v) is 3.64. The smallest absolute Gasteiger partial charge is 0.114 e. The summed E-state index contributed by atoms with van der Waals surface area (Å²) >= 11 is 7.59. The number of hydrogen-bond acceptors (Lipinski definition) is 3. The Morgan fingerprint density at radius 1 is 1.24 bits per heavy atom. The van der Waals surface area contributed by atoms with Crippen LogP contribution >= 0.6 is 23.4 Å². The highest BCUT2D eigenvalue weighted by Crippen LogP contribution is 2.26. The first kappa shape index (κ1) is 12.0. The van der Waals surface area contributed by atoms with Crippen molar-refractivity contribution in [3.63, 3.8) is 0 Å². The van der Waals surface area contributed by atoms with Gasteiger partial charge in [0, 0.05) is 17.0 Å². The van der Waals surface area contributed by atoms with Crippen molar-refractivity contribution in [2.45, 2.75) is 10.8 Å². The van der Waals surface area contributed by atoms with Gasteiger partial charge in [0.1, 0.15) is 11.1 Å². The SMILES string of the molecule is N#Cc1cccnc1SCc1ccccc1Cl. The van der Waals surface area contributed by atoms with Gasteiger partial charge >= 0.3 is 0 Å². The minimum Gasteiger partial charge on any atom is -0.249 e. The van der Waals surface area contributed by atoms with Crippen molar-refractivity contribution in [2.24, 2.45) is 0 Å². The molecule has 0 bridgehead atoms. The van der Waals surface area contributed by atoms with Crippen LogP contribution in [0.25, 0.3) is 0 Å². The maximum absolute atomic E-state index is 8.94. The number of aromatic nitrogens is 1. The van der Waals surface area contributed by atoms with Gasteiger partial charge in [0.15, 0.2) is 0 Å². The molecule has 0 radical (unpaired) electrons. The maximum Gasteiger partial charge on any atom is 0.114 e. The summed E-state index contributed by atoms with van der Waals surface area (Å²) < 4.78 is 0. The molecule has 0 spiro atoms. The number of nitrogens with zero attached hydrogens (tertiary/aromatic N) is 2. The van der Waals surface area contributed by atoms with E-state index in [1.165, 1.54) is 11.8 Å². The molecule has 84 valence electrons. The van der Waals surface area contributed by atoms with Crippen LogP contribution in [-0.4, -0.2) is 4.98 Å². The van der Waals surface area contributed by atoms with Gasteiger partial charge in [0.2, 0.25) is 0 Å². The molecule has 1 heterocycles. The van der Waals surface area contributed by atoms with Gasteiger partial charge < -0.3 is 0 Å². The molecular formula is C13H9ClN2S. The summed E-state index contributed by atoms with van der Waals surface area (Å²) in [5, 5.41) is 10.4. The molecule has 0 aliphatic rings. The van der Waals surface area contributed by atoms with Gasteiger partial charge in [-0.15, -0.1) is 11.8 Å². The van der Waals surface area contributed by atoms with E-state index in [2.05, 4.69) is 11.1 Å². The molecule has 0 unspecified atom stereocenters. The molecule has 1 aromatic heterocycles. The first-order valence-corrected chi connectivity index (χ1v) is 6.39. The van der Waals surface area contributed by atoms with E-state index in [4.69, 9.17) is 16.9 Å². The molecule has 0 saturated carbocycles. The van der Waals surface area contributed by atoms with Crippen LogP contribution in [0.2, 0.25) is 5.02 Å². The Hall–Kier alpha value is -1.50. The zero-order valence-corrected chi connectivity index (χ0v) is 10.5. The van der Waals surface area contributed by atoms with Gasteiger partial charge in [0.25, 0.3) is 0 Å². The molecule has 0 saturated heterocycles. The van der Waals surface area contributed by atoms with E-state index >= 15 is 0 Å². The predicted octanol–water partition coefficient (Wildman–Crippen LogP) is 3.90. The summed E-state index contributed by atoms with van der Waals surface area (Å²) in [5.74, 6) is 0.714. The summed E-state index contributed by atoms with van der Waals surface area (Å²) in [6.45, 7) is 0. The molecular weight excluding hydrogens is 252 g/mol. The van der Waals surface area contributed by atoms with Crippen LogP contribution in [0.5, 0.6) is 0 Å². The van der Waals surface area contributed by atoms with Crippen LogP contribution in [0.1, 0.15) is 11.1 Å². The van der Waals surface area contributed by atoms with Crippen LogP contribution < -0.4 is 0 Å². The zero-order chi connectivity index (χ0) is 12.1. The number of pyridine rings is 1. The van der Waals surface area contributed by atoms with Gasteiger partial charge in [0.05, 0.1) is 5.56 Å². The lowest BCUT2D eigenvalue weighted by Crippen LogP contribution is -1.87. The minimum absolute atomic E-state index is 0.601. The topological polar surface area (TPSA) is 36.7 Å². The fourth-order valence-electron chi connectivity index (χ4n) is 1.35. The maximum atomic E-state index is 8.94. The van der Waals surface area contributed by atoms with Crippen molar-refractivity contribution >= 4 is 23.4 Å². The second-order valence-electron chi connectivity index (χ2n) is 3.35. The van der Waals surface area contributed by atoms with Crippen molar-refractivity contribution in [3.05, 3.63) is 58.7 Å². The van der Waals surface area contributed by atoms with Gasteiger partial charge in [-0.2, -0.15) is 5.26 Å². The van der Waals surface area contributed by atoms with Crippen molar-refractivity contribution < 1.29 is 0 Å². The molecule has 0 amide bonds. The quantitative estimate of drug-likeness (QED) is 0.786. The molecule has 0 atom stereocenters. The number of thioether (sulfide) groups is 1. The molecule has 0 fully saturated rings. The van der Waals surface area contributed by atoms with Crippen molar-refractivity contribution in [1.82, 2.24) is 4.98 Å². The molecule has 2 aromatic rings. The number of benzene rings is 1. The summed E-state index contributed by atoms with van der Waals surface area (Å²) in [6.07, 6.45) is 1.69. The summed E-state index contributed by atoms with van der Waals surface area (Å²) in [5.41, 5.74) is 1.65. The third kappa shape index (κ3) is 3.00. The molecule has 2 rings (SSSR count). The van der Waals surface area contributed by atoms with Crippen molar-refractivity contribution in [2.75, 3.05) is 0 Å². The van der Waals surface area contributed by atoms with E-state index in [1.807, 2.05) is 24.3 Å². The highest BCUT2D eigenvalue weighted by molar-refractivity contribution is 7.98. The molecule has 0 N–H and O–H groups in total. The number of hydrogen-bond donors (Lipinski definition) is 0. The summed E-state index contributed by atoms with van der Waals surface area (Å²) in [4.78, 5) is 4.19. The summed E-state index contributed by atoms with van der Waals surface area (Å²) in [7, 11) is 0. The minimum atomic E-state index is 0.601. The Bertz CT molecular complexity index is 563. The van der Waals surface area contributed by atoms with Gasteiger partial charge in [-0.05, 0) is 23.8 Å². The van der Waals surface area contributed by atoms with Crippen LogP contribution in [0, 0.1) is 11.3 Å². The van der Waals surface area contributed by atoms with Crippen LogP contribution in [0.4, 0.5) is 0 Å². The van der Waals surface area contributed by atoms with Gasteiger partial charge in [-0.3, -0.25) is 0 Å². The largest absolute Gasteiger partial charge is 0.249 e. The molecule has 4 heteroatoms. The monoisotopic (exact) mass is 260 g/mol. The summed E-state index contributed by atoms with van der Waals surface area (Å²) in [6, 6.07) is 13.3. The molecule has 1 aromatic carbocycles. The molecule has 17 heavy (non-hydrogen) atoms. The van der Waals surface area contributed by atoms with Gasteiger partial charge in [-0.25, -0.2) is 4.98 Å². The van der Waals surface area contributed by atoms with E-state index in [-0.39, 0.29) is 0 Å². The van der Waals surface area contributed by atoms with E-state index in [0.29, 0.717) is 11.3 Å². The molecule has 0 aliphatic heterocycles. The lowest BCUT2D eigenvalue weighted by molar-refractivity contribution is 1.11. The molecule has 2 nitrogen and oxygen atoms in total. The van der Waals surface area contributed by atoms with Crippen molar-refractivity contribution in [3.8, 4) is 6.07 Å². The Balaban J connectivity index is 2.13. The predicted molar refractivity (Wildman–Crippen MR) is 70.0 cm³/mol. The zero-order valence-electron chi connectivity index (χ0n) is 8.93. The fraction of sp³-hybridized carbons (Fsp3) is 0.0769. The van der Waals surface area contributed by atoms with E-state index in [9.17, 15) is 0 Å². The lowest BCUT2D eigenvalue weighted by atomic mass is 10.2. The highest BCUT2D eigenvalue weighted by Gasteiger charge is 2.05. The Kier molecular flexibility index (Phi) is 4.03. The number of rotatable bonds is 3. The van der Waals surface area contributed by atoms with E-state index in [1.54, 1.807) is 18.3 Å². The van der Waals surface area contributed by atoms with Crippen LogP contribution in [0.15, 0.2) is 47.6 Å². The normalized spacial score (nSPS) is 9.88. The van der Waals surface area contributed by atoms with E-state index in [0.717, 1.165) is 15.6 Å². The number of nitriles is 1.